The molecule has 2 aliphatic rings. The van der Waals surface area contributed by atoms with E-state index in [0.717, 1.165) is 8.95 Å². The van der Waals surface area contributed by atoms with Crippen molar-refractivity contribution in [3.05, 3.63) is 62.3 Å². The first-order valence-electron chi connectivity index (χ1n) is 9.51. The van der Waals surface area contributed by atoms with Crippen molar-refractivity contribution in [3.8, 4) is 0 Å². The minimum absolute atomic E-state index is 0.0937. The Morgan fingerprint density at radius 3 is 2.17 bits per heavy atom. The van der Waals surface area contributed by atoms with Crippen LogP contribution >= 0.6 is 31.9 Å². The molecule has 29 heavy (non-hydrogen) atoms. The molecule has 1 aromatic rings. The highest BCUT2D eigenvalue weighted by Crippen LogP contribution is 2.43. The van der Waals surface area contributed by atoms with Crippen LogP contribution in [0.3, 0.4) is 0 Å². The van der Waals surface area contributed by atoms with Crippen LogP contribution in [0.4, 0.5) is 5.69 Å². The van der Waals surface area contributed by atoms with Crippen molar-refractivity contribution in [3.63, 3.8) is 0 Å². The standard InChI is InChI=1S/C22H23Br2NO4/c1-28-21(26)16-10-6-7-11-25(19(16)22(27)29-2)20-17(23)12-15(13-18(20)24)14-8-4-3-5-9-14/h6-7,10-14H,3-5,8-9H2,1-2H3. The third-order valence-electron chi connectivity index (χ3n) is 5.25. The zero-order chi connectivity index (χ0) is 21.0. The van der Waals surface area contributed by atoms with Crippen LogP contribution in [-0.2, 0) is 19.1 Å². The van der Waals surface area contributed by atoms with Crippen molar-refractivity contribution < 1.29 is 19.1 Å². The number of benzene rings is 1. The summed E-state index contributed by atoms with van der Waals surface area (Å²) >= 11 is 7.36. The molecule has 0 aromatic heterocycles. The van der Waals surface area contributed by atoms with Crippen LogP contribution in [0.5, 0.6) is 0 Å². The number of anilines is 1. The average Bonchev–Trinajstić information content (AvgIpc) is 2.95. The number of hydrogen-bond donors (Lipinski definition) is 0. The average molecular weight is 525 g/mol. The van der Waals surface area contributed by atoms with E-state index >= 15 is 0 Å². The Morgan fingerprint density at radius 2 is 1.59 bits per heavy atom. The van der Waals surface area contributed by atoms with Crippen LogP contribution in [-0.4, -0.2) is 26.2 Å². The van der Waals surface area contributed by atoms with Gasteiger partial charge in [0.15, 0.2) is 0 Å². The number of carbonyl (C=O) groups excluding carboxylic acids is 2. The van der Waals surface area contributed by atoms with Gasteiger partial charge in [0.2, 0.25) is 0 Å². The summed E-state index contributed by atoms with van der Waals surface area (Å²) in [6, 6.07) is 4.21. The molecule has 0 bridgehead atoms. The lowest BCUT2D eigenvalue weighted by atomic mass is 9.84. The highest BCUT2D eigenvalue weighted by atomic mass is 79.9. The molecule has 7 heteroatoms. The van der Waals surface area contributed by atoms with Crippen LogP contribution < -0.4 is 4.90 Å². The number of nitrogens with zero attached hydrogens (tertiary/aromatic N) is 1. The highest BCUT2D eigenvalue weighted by Gasteiger charge is 2.30. The van der Waals surface area contributed by atoms with Crippen LogP contribution in [0.15, 0.2) is 56.8 Å². The number of rotatable bonds is 4. The minimum atomic E-state index is -0.628. The molecule has 1 heterocycles. The normalized spacial score (nSPS) is 17.3. The topological polar surface area (TPSA) is 55.8 Å². The molecule has 1 aromatic carbocycles. The molecule has 1 fully saturated rings. The van der Waals surface area contributed by atoms with E-state index in [0.29, 0.717) is 11.6 Å². The first-order chi connectivity index (χ1) is 14.0. The van der Waals surface area contributed by atoms with Gasteiger partial charge in [0.05, 0.1) is 25.5 Å². The number of esters is 2. The SMILES string of the molecule is COC(=O)C1=C(C(=O)OC)N(c2c(Br)cc(C3CCCCC3)cc2Br)C=CC=C1. The van der Waals surface area contributed by atoms with E-state index in [1.165, 1.54) is 51.9 Å². The van der Waals surface area contributed by atoms with Gasteiger partial charge in [0.1, 0.15) is 5.70 Å². The molecule has 0 N–H and O–H groups in total. The van der Waals surface area contributed by atoms with E-state index in [-0.39, 0.29) is 11.3 Å². The van der Waals surface area contributed by atoms with Gasteiger partial charge in [0.25, 0.3) is 0 Å². The number of ether oxygens (including phenoxy) is 2. The summed E-state index contributed by atoms with van der Waals surface area (Å²) in [4.78, 5) is 26.6. The van der Waals surface area contributed by atoms with Crippen molar-refractivity contribution in [2.45, 2.75) is 38.0 Å². The maximum absolute atomic E-state index is 12.6. The minimum Gasteiger partial charge on any atom is -0.465 e. The Labute approximate surface area is 187 Å². The van der Waals surface area contributed by atoms with Crippen molar-refractivity contribution in [1.82, 2.24) is 0 Å². The highest BCUT2D eigenvalue weighted by molar-refractivity contribution is 9.11. The lowest BCUT2D eigenvalue weighted by molar-refractivity contribution is -0.139. The van der Waals surface area contributed by atoms with Gasteiger partial charge >= 0.3 is 11.9 Å². The van der Waals surface area contributed by atoms with Crippen molar-refractivity contribution in [1.29, 1.82) is 0 Å². The number of carbonyl (C=O) groups is 2. The van der Waals surface area contributed by atoms with Gasteiger partial charge in [-0.05, 0) is 80.5 Å². The van der Waals surface area contributed by atoms with Gasteiger partial charge in [-0.3, -0.25) is 0 Å². The summed E-state index contributed by atoms with van der Waals surface area (Å²) in [5, 5.41) is 0. The van der Waals surface area contributed by atoms with E-state index < -0.39 is 11.9 Å². The largest absolute Gasteiger partial charge is 0.465 e. The zero-order valence-electron chi connectivity index (χ0n) is 16.4. The monoisotopic (exact) mass is 523 g/mol. The molecule has 0 radical (unpaired) electrons. The molecular weight excluding hydrogens is 502 g/mol. The Hall–Kier alpha value is -1.86. The first-order valence-corrected chi connectivity index (χ1v) is 11.1. The van der Waals surface area contributed by atoms with Gasteiger partial charge in [-0.25, -0.2) is 9.59 Å². The second kappa shape index (κ2) is 9.76. The van der Waals surface area contributed by atoms with Crippen molar-refractivity contribution in [2.24, 2.45) is 0 Å². The van der Waals surface area contributed by atoms with Crippen LogP contribution in [0, 0.1) is 0 Å². The molecule has 154 valence electrons. The molecule has 1 aliphatic carbocycles. The van der Waals surface area contributed by atoms with Gasteiger partial charge < -0.3 is 14.4 Å². The third kappa shape index (κ3) is 4.67. The molecule has 0 saturated heterocycles. The quantitative estimate of drug-likeness (QED) is 0.469. The lowest BCUT2D eigenvalue weighted by Gasteiger charge is -2.27. The van der Waals surface area contributed by atoms with E-state index in [9.17, 15) is 9.59 Å². The smallest absolute Gasteiger partial charge is 0.355 e. The summed E-state index contributed by atoms with van der Waals surface area (Å²) < 4.78 is 11.5. The van der Waals surface area contributed by atoms with Gasteiger partial charge in [0, 0.05) is 15.1 Å². The number of allylic oxidation sites excluding steroid dienone is 2. The predicted octanol–water partition coefficient (Wildman–Crippen LogP) is 5.75. The summed E-state index contributed by atoms with van der Waals surface area (Å²) in [7, 11) is 2.57. The van der Waals surface area contributed by atoms with E-state index in [1.54, 1.807) is 29.3 Å². The van der Waals surface area contributed by atoms with Crippen molar-refractivity contribution in [2.75, 3.05) is 19.1 Å². The Balaban J connectivity index is 2.11. The summed E-state index contributed by atoms with van der Waals surface area (Å²) in [6.07, 6.45) is 12.9. The molecule has 1 saturated carbocycles. The fraction of sp³-hybridized carbons (Fsp3) is 0.364. The van der Waals surface area contributed by atoms with E-state index in [2.05, 4.69) is 44.0 Å². The summed E-state index contributed by atoms with van der Waals surface area (Å²) in [6.45, 7) is 0. The zero-order valence-corrected chi connectivity index (χ0v) is 19.6. The van der Waals surface area contributed by atoms with Crippen LogP contribution in [0.2, 0.25) is 0 Å². The molecule has 5 nitrogen and oxygen atoms in total. The van der Waals surface area contributed by atoms with Gasteiger partial charge in [-0.1, -0.05) is 25.3 Å². The molecule has 0 unspecified atom stereocenters. The maximum atomic E-state index is 12.6. The Kier molecular flexibility index (Phi) is 7.35. The number of hydrogen-bond acceptors (Lipinski definition) is 5. The summed E-state index contributed by atoms with van der Waals surface area (Å²) in [5.41, 5.74) is 2.20. The second-order valence-electron chi connectivity index (χ2n) is 6.98. The number of methoxy groups -OCH3 is 2. The molecule has 0 amide bonds. The van der Waals surface area contributed by atoms with E-state index in [4.69, 9.17) is 9.47 Å². The number of halogens is 2. The van der Waals surface area contributed by atoms with Crippen LogP contribution in [0.25, 0.3) is 0 Å². The lowest BCUT2D eigenvalue weighted by Crippen LogP contribution is -2.27. The third-order valence-corrected chi connectivity index (χ3v) is 6.45. The molecule has 1 aliphatic heterocycles. The van der Waals surface area contributed by atoms with Gasteiger partial charge in [-0.2, -0.15) is 0 Å². The fourth-order valence-electron chi connectivity index (χ4n) is 3.82. The molecule has 0 spiro atoms. The molecular formula is C22H23Br2NO4. The molecule has 0 atom stereocenters. The maximum Gasteiger partial charge on any atom is 0.355 e. The van der Waals surface area contributed by atoms with Gasteiger partial charge in [-0.15, -0.1) is 0 Å². The first kappa shape index (κ1) is 21.8. The Morgan fingerprint density at radius 1 is 0.966 bits per heavy atom. The fourth-order valence-corrected chi connectivity index (χ4v) is 5.43. The summed E-state index contributed by atoms with van der Waals surface area (Å²) in [5.74, 6) is -0.703. The van der Waals surface area contributed by atoms with Crippen molar-refractivity contribution >= 4 is 49.5 Å². The molecule has 3 rings (SSSR count). The van der Waals surface area contributed by atoms with Crippen LogP contribution in [0.1, 0.15) is 43.6 Å². The second-order valence-corrected chi connectivity index (χ2v) is 8.69. The van der Waals surface area contributed by atoms with E-state index in [1.807, 2.05) is 0 Å². The predicted molar refractivity (Wildman–Crippen MR) is 119 cm³/mol. The Bertz CT molecular complexity index is 875.